The molecule has 120 valence electrons. The van der Waals surface area contributed by atoms with Gasteiger partial charge >= 0.3 is 5.97 Å². The molecule has 0 unspecified atom stereocenters. The van der Waals surface area contributed by atoms with E-state index in [0.717, 1.165) is 16.9 Å². The maximum absolute atomic E-state index is 12.2. The quantitative estimate of drug-likeness (QED) is 0.625. The standard InChI is InChI=1S/C13H12N4O6/c1-16-11(13(19)20)8(6-14-16)12(18)15-9-4-3-7(23-2)5-10(9)17(21)22/h3-6H,1-2H3,(H,15,18)(H,19,20). The number of methoxy groups -OCH3 is 1. The second-order valence-electron chi connectivity index (χ2n) is 4.43. The first-order valence-corrected chi connectivity index (χ1v) is 6.24. The highest BCUT2D eigenvalue weighted by Crippen LogP contribution is 2.29. The number of aromatic carboxylic acids is 1. The third kappa shape index (κ3) is 3.10. The van der Waals surface area contributed by atoms with Crippen molar-refractivity contribution >= 4 is 23.3 Å². The fourth-order valence-electron chi connectivity index (χ4n) is 1.94. The third-order valence-corrected chi connectivity index (χ3v) is 3.04. The van der Waals surface area contributed by atoms with Crippen LogP contribution in [0.25, 0.3) is 0 Å². The van der Waals surface area contributed by atoms with E-state index in [-0.39, 0.29) is 28.4 Å². The number of rotatable bonds is 5. The molecule has 0 bridgehead atoms. The Hall–Kier alpha value is -3.43. The van der Waals surface area contributed by atoms with Crippen LogP contribution in [0.3, 0.4) is 0 Å². The minimum Gasteiger partial charge on any atom is -0.496 e. The molecule has 2 N–H and O–H groups in total. The molecule has 2 aromatic rings. The van der Waals surface area contributed by atoms with Gasteiger partial charge in [0.25, 0.3) is 11.6 Å². The number of nitrogens with zero attached hydrogens (tertiary/aromatic N) is 3. The zero-order valence-electron chi connectivity index (χ0n) is 12.1. The number of amides is 1. The first kappa shape index (κ1) is 15.9. The van der Waals surface area contributed by atoms with E-state index in [2.05, 4.69) is 10.4 Å². The molecule has 0 radical (unpaired) electrons. The maximum Gasteiger partial charge on any atom is 0.354 e. The molecule has 10 nitrogen and oxygen atoms in total. The van der Waals surface area contributed by atoms with Gasteiger partial charge in [-0.1, -0.05) is 0 Å². The molecule has 0 saturated carbocycles. The zero-order chi connectivity index (χ0) is 17.1. The highest BCUT2D eigenvalue weighted by molar-refractivity contribution is 6.10. The smallest absolute Gasteiger partial charge is 0.354 e. The molecule has 0 aliphatic heterocycles. The molecule has 23 heavy (non-hydrogen) atoms. The van der Waals surface area contributed by atoms with E-state index in [0.29, 0.717) is 0 Å². The third-order valence-electron chi connectivity index (χ3n) is 3.04. The van der Waals surface area contributed by atoms with Crippen molar-refractivity contribution in [3.8, 4) is 5.75 Å². The number of ether oxygens (including phenoxy) is 1. The van der Waals surface area contributed by atoms with E-state index < -0.39 is 16.8 Å². The van der Waals surface area contributed by atoms with Gasteiger partial charge in [0.1, 0.15) is 11.4 Å². The maximum atomic E-state index is 12.2. The van der Waals surface area contributed by atoms with Crippen LogP contribution in [0.4, 0.5) is 11.4 Å². The van der Waals surface area contributed by atoms with E-state index in [1.165, 1.54) is 26.3 Å². The van der Waals surface area contributed by atoms with Crippen LogP contribution in [0.2, 0.25) is 0 Å². The number of hydrogen-bond acceptors (Lipinski definition) is 6. The van der Waals surface area contributed by atoms with Crippen LogP contribution >= 0.6 is 0 Å². The number of carboxylic acid groups (broad SMARTS) is 1. The number of nitro groups is 1. The fraction of sp³-hybridized carbons (Fsp3) is 0.154. The Morgan fingerprint density at radius 1 is 1.43 bits per heavy atom. The van der Waals surface area contributed by atoms with E-state index >= 15 is 0 Å². The summed E-state index contributed by atoms with van der Waals surface area (Å²) in [6.45, 7) is 0. The topological polar surface area (TPSA) is 137 Å². The van der Waals surface area contributed by atoms with Crippen LogP contribution < -0.4 is 10.1 Å². The molecule has 1 heterocycles. The highest BCUT2D eigenvalue weighted by atomic mass is 16.6. The number of nitro benzene ring substituents is 1. The molecule has 0 spiro atoms. The summed E-state index contributed by atoms with van der Waals surface area (Å²) in [5, 5.41) is 26.2. The molecule has 0 aliphatic carbocycles. The lowest BCUT2D eigenvalue weighted by molar-refractivity contribution is -0.384. The van der Waals surface area contributed by atoms with Gasteiger partial charge in [-0.25, -0.2) is 4.79 Å². The van der Waals surface area contributed by atoms with Crippen molar-refractivity contribution in [2.75, 3.05) is 12.4 Å². The van der Waals surface area contributed by atoms with Gasteiger partial charge in [0.05, 0.1) is 29.9 Å². The van der Waals surface area contributed by atoms with Gasteiger partial charge in [-0.05, 0) is 12.1 Å². The summed E-state index contributed by atoms with van der Waals surface area (Å²) >= 11 is 0. The molecule has 1 aromatic heterocycles. The lowest BCUT2D eigenvalue weighted by Crippen LogP contribution is -2.17. The number of carboxylic acids is 1. The van der Waals surface area contributed by atoms with Crippen molar-refractivity contribution in [3.05, 3.63) is 45.8 Å². The van der Waals surface area contributed by atoms with Crippen LogP contribution in [0, 0.1) is 10.1 Å². The summed E-state index contributed by atoms with van der Waals surface area (Å²) in [4.78, 5) is 33.7. The highest BCUT2D eigenvalue weighted by Gasteiger charge is 2.24. The number of benzene rings is 1. The molecular formula is C13H12N4O6. The van der Waals surface area contributed by atoms with Crippen molar-refractivity contribution < 1.29 is 24.4 Å². The van der Waals surface area contributed by atoms with Crippen LogP contribution in [0.15, 0.2) is 24.4 Å². The molecular weight excluding hydrogens is 308 g/mol. The second-order valence-corrected chi connectivity index (χ2v) is 4.43. The van der Waals surface area contributed by atoms with Gasteiger partial charge in [0.2, 0.25) is 0 Å². The van der Waals surface area contributed by atoms with Crippen molar-refractivity contribution in [2.24, 2.45) is 7.05 Å². The Morgan fingerprint density at radius 3 is 2.70 bits per heavy atom. The molecule has 0 atom stereocenters. The Balaban J connectivity index is 2.38. The lowest BCUT2D eigenvalue weighted by atomic mass is 10.2. The number of hydrogen-bond donors (Lipinski definition) is 2. The number of carbonyl (C=O) groups excluding carboxylic acids is 1. The number of anilines is 1. The van der Waals surface area contributed by atoms with Crippen molar-refractivity contribution in [2.45, 2.75) is 0 Å². The van der Waals surface area contributed by atoms with Gasteiger partial charge in [-0.15, -0.1) is 0 Å². The Bertz CT molecular complexity index is 798. The zero-order valence-corrected chi connectivity index (χ0v) is 12.1. The van der Waals surface area contributed by atoms with Crippen LogP contribution in [0.1, 0.15) is 20.8 Å². The van der Waals surface area contributed by atoms with Crippen molar-refractivity contribution in [3.63, 3.8) is 0 Å². The Kier molecular flexibility index (Phi) is 4.25. The van der Waals surface area contributed by atoms with E-state index in [9.17, 15) is 19.7 Å². The molecule has 0 fully saturated rings. The molecule has 0 saturated heterocycles. The van der Waals surface area contributed by atoms with Crippen LogP contribution in [-0.4, -0.2) is 38.8 Å². The summed E-state index contributed by atoms with van der Waals surface area (Å²) in [7, 11) is 2.72. The molecule has 10 heteroatoms. The largest absolute Gasteiger partial charge is 0.496 e. The first-order chi connectivity index (χ1) is 10.8. The fourth-order valence-corrected chi connectivity index (χ4v) is 1.94. The Labute approximate surface area is 129 Å². The molecule has 1 aromatic carbocycles. The molecule has 2 rings (SSSR count). The lowest BCUT2D eigenvalue weighted by Gasteiger charge is -2.07. The molecule has 0 aliphatic rings. The molecule has 1 amide bonds. The van der Waals surface area contributed by atoms with E-state index in [4.69, 9.17) is 9.84 Å². The summed E-state index contributed by atoms with van der Waals surface area (Å²) < 4.78 is 5.92. The van der Waals surface area contributed by atoms with Gasteiger partial charge in [0, 0.05) is 7.05 Å². The van der Waals surface area contributed by atoms with Gasteiger partial charge in [-0.2, -0.15) is 5.10 Å². The summed E-state index contributed by atoms with van der Waals surface area (Å²) in [5.41, 5.74) is -0.983. The predicted octanol–water partition coefficient (Wildman–Crippen LogP) is 1.29. The van der Waals surface area contributed by atoms with Gasteiger partial charge < -0.3 is 15.2 Å². The van der Waals surface area contributed by atoms with Crippen molar-refractivity contribution in [1.82, 2.24) is 9.78 Å². The summed E-state index contributed by atoms with van der Waals surface area (Å²) in [6.07, 6.45) is 1.08. The Morgan fingerprint density at radius 2 is 2.13 bits per heavy atom. The SMILES string of the molecule is COc1ccc(NC(=O)c2cnn(C)c2C(=O)O)c([N+](=O)[O-])c1. The van der Waals surface area contributed by atoms with Crippen molar-refractivity contribution in [1.29, 1.82) is 0 Å². The summed E-state index contributed by atoms with van der Waals surface area (Å²) in [5.74, 6) is -1.90. The van der Waals surface area contributed by atoms with Crippen LogP contribution in [0.5, 0.6) is 5.75 Å². The monoisotopic (exact) mass is 320 g/mol. The van der Waals surface area contributed by atoms with Gasteiger partial charge in [0.15, 0.2) is 5.69 Å². The van der Waals surface area contributed by atoms with E-state index in [1.807, 2.05) is 0 Å². The normalized spacial score (nSPS) is 10.2. The predicted molar refractivity (Wildman–Crippen MR) is 77.8 cm³/mol. The number of carbonyl (C=O) groups is 2. The number of nitrogens with one attached hydrogen (secondary N) is 1. The summed E-state index contributed by atoms with van der Waals surface area (Å²) in [6, 6.07) is 3.88. The average Bonchev–Trinajstić information content (AvgIpc) is 2.89. The first-order valence-electron chi connectivity index (χ1n) is 6.24. The minimum absolute atomic E-state index is 0.0824. The van der Waals surface area contributed by atoms with E-state index in [1.54, 1.807) is 0 Å². The van der Waals surface area contributed by atoms with Crippen LogP contribution in [-0.2, 0) is 7.05 Å². The van der Waals surface area contributed by atoms with Gasteiger partial charge in [-0.3, -0.25) is 19.6 Å². The number of aromatic nitrogens is 2. The minimum atomic E-state index is -1.33. The second kappa shape index (κ2) is 6.13. The average molecular weight is 320 g/mol. The number of aryl methyl sites for hydroxylation is 1.